The zero-order valence-electron chi connectivity index (χ0n) is 19.1. The zero-order valence-corrected chi connectivity index (χ0v) is 20.0. The predicted molar refractivity (Wildman–Crippen MR) is 132 cm³/mol. The first-order valence-electron chi connectivity index (χ1n) is 11.6. The molecular formula is C26H24FN5O2S. The molecule has 2 bridgehead atoms. The minimum Gasteiger partial charge on any atom is -0.330 e. The molecule has 7 nitrogen and oxygen atoms in total. The average Bonchev–Trinajstić information content (AvgIpc) is 3.37. The van der Waals surface area contributed by atoms with Crippen molar-refractivity contribution < 1.29 is 13.4 Å². The zero-order chi connectivity index (χ0) is 24.1. The van der Waals surface area contributed by atoms with Crippen molar-refractivity contribution in [2.45, 2.75) is 29.8 Å². The number of benzene rings is 2. The van der Waals surface area contributed by atoms with Crippen molar-refractivity contribution in [1.82, 2.24) is 24.8 Å². The van der Waals surface area contributed by atoms with E-state index in [4.69, 9.17) is 0 Å². The highest BCUT2D eigenvalue weighted by atomic mass is 32.2. The van der Waals surface area contributed by atoms with Crippen LogP contribution in [0.2, 0.25) is 0 Å². The van der Waals surface area contributed by atoms with Gasteiger partial charge in [0.05, 0.1) is 21.2 Å². The third kappa shape index (κ3) is 3.75. The van der Waals surface area contributed by atoms with Gasteiger partial charge in [0.1, 0.15) is 5.82 Å². The van der Waals surface area contributed by atoms with E-state index in [0.29, 0.717) is 33.1 Å². The molecule has 1 amide bonds. The maximum Gasteiger partial charge on any atom is 0.254 e. The van der Waals surface area contributed by atoms with Gasteiger partial charge in [-0.3, -0.25) is 13.6 Å². The number of fused-ring (bicyclic) bond motifs is 3. The van der Waals surface area contributed by atoms with Gasteiger partial charge in [-0.15, -0.1) is 0 Å². The van der Waals surface area contributed by atoms with Crippen LogP contribution >= 0.6 is 0 Å². The second-order valence-corrected chi connectivity index (χ2v) is 10.4. The number of aromatic nitrogens is 3. The predicted octanol–water partition coefficient (Wildman–Crippen LogP) is 3.54. The van der Waals surface area contributed by atoms with Crippen molar-refractivity contribution in [2.24, 2.45) is 0 Å². The number of hydrogen-bond acceptors (Lipinski definition) is 5. The number of nitrogens with zero attached hydrogens (tertiary/aromatic N) is 4. The Morgan fingerprint density at radius 3 is 2.49 bits per heavy atom. The molecule has 9 heteroatoms. The average molecular weight is 490 g/mol. The summed E-state index contributed by atoms with van der Waals surface area (Å²) in [5.74, 6) is 0.0335. The highest BCUT2D eigenvalue weighted by Crippen LogP contribution is 2.31. The molecule has 6 rings (SSSR count). The summed E-state index contributed by atoms with van der Waals surface area (Å²) >= 11 is 0. The monoisotopic (exact) mass is 489 g/mol. The molecule has 2 aromatic carbocycles. The van der Waals surface area contributed by atoms with Gasteiger partial charge in [0.15, 0.2) is 0 Å². The standard InChI is InChI=1S/C26H24FN5O2S/c1-35(34)24-15-31(26-29-11-17(12-30-26)20-4-2-3-5-22(20)27)23-10-16(6-9-21(23)24)25(33)32-18-7-8-19(32)14-28-13-18/h2-6,9-12,15,18-19,28H,7-8,13-14H2,1H3. The van der Waals surface area contributed by atoms with Gasteiger partial charge in [0, 0.05) is 72.1 Å². The second-order valence-electron chi connectivity index (χ2n) is 9.06. The van der Waals surface area contributed by atoms with E-state index in [1.165, 1.54) is 6.07 Å². The van der Waals surface area contributed by atoms with Gasteiger partial charge in [0.25, 0.3) is 5.91 Å². The minimum absolute atomic E-state index is 0.0173. The topological polar surface area (TPSA) is 80.1 Å². The van der Waals surface area contributed by atoms with Crippen LogP contribution in [0.3, 0.4) is 0 Å². The number of carbonyl (C=O) groups is 1. The van der Waals surface area contributed by atoms with Crippen molar-refractivity contribution >= 4 is 27.6 Å². The van der Waals surface area contributed by atoms with E-state index in [9.17, 15) is 13.4 Å². The van der Waals surface area contributed by atoms with Crippen molar-refractivity contribution in [3.8, 4) is 17.1 Å². The number of halogens is 1. The summed E-state index contributed by atoms with van der Waals surface area (Å²) < 4.78 is 28.4. The molecule has 35 heavy (non-hydrogen) atoms. The summed E-state index contributed by atoms with van der Waals surface area (Å²) in [4.78, 5) is 25.1. The van der Waals surface area contributed by atoms with E-state index >= 15 is 0 Å². The second kappa shape index (κ2) is 8.66. The molecule has 0 aliphatic carbocycles. The van der Waals surface area contributed by atoms with Crippen LogP contribution in [0.25, 0.3) is 28.0 Å². The van der Waals surface area contributed by atoms with Crippen LogP contribution in [-0.4, -0.2) is 61.0 Å². The Morgan fingerprint density at radius 2 is 1.80 bits per heavy atom. The molecule has 3 atom stereocenters. The molecule has 2 aliphatic rings. The Hall–Kier alpha value is -3.43. The van der Waals surface area contributed by atoms with E-state index in [2.05, 4.69) is 15.3 Å². The highest BCUT2D eigenvalue weighted by molar-refractivity contribution is 7.84. The van der Waals surface area contributed by atoms with E-state index < -0.39 is 10.8 Å². The van der Waals surface area contributed by atoms with Gasteiger partial charge in [-0.05, 0) is 31.0 Å². The molecule has 178 valence electrons. The van der Waals surface area contributed by atoms with Crippen LogP contribution in [0.15, 0.2) is 66.0 Å². The first kappa shape index (κ1) is 22.1. The van der Waals surface area contributed by atoms with Crippen molar-refractivity contribution in [3.63, 3.8) is 0 Å². The number of carbonyl (C=O) groups excluding carboxylic acids is 1. The fourth-order valence-corrected chi connectivity index (χ4v) is 6.00. The maximum absolute atomic E-state index is 14.2. The van der Waals surface area contributed by atoms with E-state index in [-0.39, 0.29) is 23.8 Å². The molecule has 2 fully saturated rings. The van der Waals surface area contributed by atoms with Gasteiger partial charge < -0.3 is 10.2 Å². The molecule has 0 radical (unpaired) electrons. The van der Waals surface area contributed by atoms with Crippen LogP contribution in [0.1, 0.15) is 23.2 Å². The summed E-state index contributed by atoms with van der Waals surface area (Å²) in [5, 5.41) is 4.19. The van der Waals surface area contributed by atoms with E-state index in [1.54, 1.807) is 47.6 Å². The van der Waals surface area contributed by atoms with Gasteiger partial charge in [-0.2, -0.15) is 0 Å². The fourth-order valence-electron chi connectivity index (χ4n) is 5.26. The van der Waals surface area contributed by atoms with Crippen molar-refractivity contribution in [3.05, 3.63) is 72.4 Å². The molecule has 2 aliphatic heterocycles. The molecule has 4 heterocycles. The molecule has 2 saturated heterocycles. The lowest BCUT2D eigenvalue weighted by Crippen LogP contribution is -2.54. The van der Waals surface area contributed by atoms with Crippen LogP contribution in [-0.2, 0) is 10.8 Å². The third-order valence-electron chi connectivity index (χ3n) is 6.98. The molecule has 0 saturated carbocycles. The molecule has 2 aromatic heterocycles. The van der Waals surface area contributed by atoms with Crippen LogP contribution in [0, 0.1) is 5.82 Å². The molecule has 4 aromatic rings. The summed E-state index contributed by atoms with van der Waals surface area (Å²) in [6.45, 7) is 1.64. The summed E-state index contributed by atoms with van der Waals surface area (Å²) in [6, 6.07) is 12.4. The fraction of sp³-hybridized carbons (Fsp3) is 0.269. The highest BCUT2D eigenvalue weighted by Gasteiger charge is 2.39. The molecule has 0 spiro atoms. The summed E-state index contributed by atoms with van der Waals surface area (Å²) in [6.07, 6.45) is 8.55. The maximum atomic E-state index is 14.2. The van der Waals surface area contributed by atoms with Gasteiger partial charge in [0.2, 0.25) is 5.95 Å². The Balaban J connectivity index is 1.42. The Bertz CT molecular complexity index is 1450. The summed E-state index contributed by atoms with van der Waals surface area (Å²) in [5.41, 5.74) is 2.28. The summed E-state index contributed by atoms with van der Waals surface area (Å²) in [7, 11) is -1.25. The number of hydrogen-bond donors (Lipinski definition) is 1. The van der Waals surface area contributed by atoms with Crippen LogP contribution < -0.4 is 5.32 Å². The number of amides is 1. The van der Waals surface area contributed by atoms with Crippen LogP contribution in [0.5, 0.6) is 0 Å². The first-order valence-corrected chi connectivity index (χ1v) is 13.2. The van der Waals surface area contributed by atoms with Gasteiger partial charge >= 0.3 is 0 Å². The Morgan fingerprint density at radius 1 is 1.09 bits per heavy atom. The quantitative estimate of drug-likeness (QED) is 0.474. The van der Waals surface area contributed by atoms with E-state index in [1.807, 2.05) is 23.1 Å². The number of nitrogens with one attached hydrogen (secondary N) is 1. The normalized spacial score (nSPS) is 20.3. The van der Waals surface area contributed by atoms with Crippen molar-refractivity contribution in [1.29, 1.82) is 0 Å². The van der Waals surface area contributed by atoms with Crippen molar-refractivity contribution in [2.75, 3.05) is 19.3 Å². The number of rotatable bonds is 4. The number of piperazine rings is 1. The van der Waals surface area contributed by atoms with Gasteiger partial charge in [-0.1, -0.05) is 24.3 Å². The Kier molecular flexibility index (Phi) is 5.46. The lowest BCUT2D eigenvalue weighted by atomic mass is 10.1. The molecule has 3 unspecified atom stereocenters. The lowest BCUT2D eigenvalue weighted by Gasteiger charge is -2.35. The van der Waals surface area contributed by atoms with Gasteiger partial charge in [-0.25, -0.2) is 14.4 Å². The third-order valence-corrected chi connectivity index (χ3v) is 7.92. The lowest BCUT2D eigenvalue weighted by molar-refractivity contribution is 0.0619. The van der Waals surface area contributed by atoms with E-state index in [0.717, 1.165) is 31.3 Å². The largest absolute Gasteiger partial charge is 0.330 e. The van der Waals surface area contributed by atoms with Crippen LogP contribution in [0.4, 0.5) is 4.39 Å². The smallest absolute Gasteiger partial charge is 0.254 e. The molecule has 1 N–H and O–H groups in total. The Labute approximate surface area is 204 Å². The minimum atomic E-state index is -1.25. The first-order chi connectivity index (χ1) is 17.0. The SMILES string of the molecule is CS(=O)c1cn(-c2ncc(-c3ccccc3F)cn2)c2cc(C(=O)N3C4CCC3CNC4)ccc12. The molecular weight excluding hydrogens is 465 g/mol.